The molecule has 24 heavy (non-hydrogen) atoms. The van der Waals surface area contributed by atoms with Crippen molar-refractivity contribution in [2.45, 2.75) is 13.0 Å². The first kappa shape index (κ1) is 19.1. The number of nitrogens with zero attached hydrogens (tertiary/aromatic N) is 1. The summed E-state index contributed by atoms with van der Waals surface area (Å²) in [6.07, 6.45) is 0. The largest absolute Gasteiger partial charge is 0.480 e. The Hall–Kier alpha value is -2.94. The second kappa shape index (κ2) is 9.26. The predicted octanol–water partition coefficient (Wildman–Crippen LogP) is -1.32. The number of carbonyl (C=O) groups excluding carboxylic acids is 3. The Labute approximate surface area is 138 Å². The molecule has 1 aromatic carbocycles. The molecule has 1 aromatic rings. The second-order valence-electron chi connectivity index (χ2n) is 4.87. The number of nitrogens with two attached hydrogens (primary N) is 1. The standard InChI is InChI=1S/C15H20N4O5/c1-10(15(24)18-9-14(22)23)19(11-5-3-2-4-6-11)13(21)8-17-12(20)7-16/h2-6,10H,7-9,16H2,1H3,(H,17,20)(H,18,24)(H,22,23). The molecular weight excluding hydrogens is 316 g/mol. The Morgan fingerprint density at radius 3 is 2.29 bits per heavy atom. The Morgan fingerprint density at radius 1 is 1.12 bits per heavy atom. The Kier molecular flexibility index (Phi) is 7.37. The van der Waals surface area contributed by atoms with Gasteiger partial charge in [0.05, 0.1) is 13.1 Å². The molecule has 0 saturated heterocycles. The number of benzene rings is 1. The van der Waals surface area contributed by atoms with Crippen molar-refractivity contribution in [1.29, 1.82) is 0 Å². The van der Waals surface area contributed by atoms with E-state index in [1.54, 1.807) is 30.3 Å². The molecule has 0 aliphatic heterocycles. The summed E-state index contributed by atoms with van der Waals surface area (Å²) in [7, 11) is 0. The second-order valence-corrected chi connectivity index (χ2v) is 4.87. The van der Waals surface area contributed by atoms with Gasteiger partial charge in [-0.25, -0.2) is 0 Å². The molecule has 0 spiro atoms. The molecule has 1 unspecified atom stereocenters. The highest BCUT2D eigenvalue weighted by Crippen LogP contribution is 2.17. The highest BCUT2D eigenvalue weighted by Gasteiger charge is 2.27. The van der Waals surface area contributed by atoms with Gasteiger partial charge in [0.1, 0.15) is 12.6 Å². The maximum absolute atomic E-state index is 12.4. The summed E-state index contributed by atoms with van der Waals surface area (Å²) in [5.74, 6) is -2.84. The van der Waals surface area contributed by atoms with Crippen molar-refractivity contribution in [2.75, 3.05) is 24.5 Å². The van der Waals surface area contributed by atoms with E-state index in [9.17, 15) is 19.2 Å². The molecule has 9 nitrogen and oxygen atoms in total. The van der Waals surface area contributed by atoms with E-state index in [4.69, 9.17) is 10.8 Å². The Bertz CT molecular complexity index is 605. The number of carbonyl (C=O) groups is 4. The molecule has 0 aliphatic rings. The van der Waals surface area contributed by atoms with Crippen molar-refractivity contribution in [3.05, 3.63) is 30.3 Å². The molecule has 0 radical (unpaired) electrons. The van der Waals surface area contributed by atoms with E-state index >= 15 is 0 Å². The van der Waals surface area contributed by atoms with Crippen molar-refractivity contribution in [3.8, 4) is 0 Å². The van der Waals surface area contributed by atoms with Gasteiger partial charge in [-0.05, 0) is 19.1 Å². The first-order chi connectivity index (χ1) is 11.4. The van der Waals surface area contributed by atoms with Gasteiger partial charge >= 0.3 is 5.97 Å². The summed E-state index contributed by atoms with van der Waals surface area (Å²) in [4.78, 5) is 47.5. The lowest BCUT2D eigenvalue weighted by Crippen LogP contribution is -2.52. The molecule has 130 valence electrons. The van der Waals surface area contributed by atoms with Crippen LogP contribution >= 0.6 is 0 Å². The zero-order valence-electron chi connectivity index (χ0n) is 13.2. The average molecular weight is 336 g/mol. The summed E-state index contributed by atoms with van der Waals surface area (Å²) in [6, 6.07) is 7.42. The third-order valence-electron chi connectivity index (χ3n) is 3.11. The number of amides is 3. The van der Waals surface area contributed by atoms with Crippen LogP contribution in [-0.4, -0.2) is 54.5 Å². The summed E-state index contributed by atoms with van der Waals surface area (Å²) in [6.45, 7) is 0.325. The first-order valence-corrected chi connectivity index (χ1v) is 7.20. The molecule has 0 heterocycles. The molecule has 1 atom stereocenters. The van der Waals surface area contributed by atoms with Gasteiger partial charge in [-0.15, -0.1) is 0 Å². The van der Waals surface area contributed by atoms with Crippen LogP contribution in [0.5, 0.6) is 0 Å². The number of hydrogen-bond donors (Lipinski definition) is 4. The van der Waals surface area contributed by atoms with Crippen LogP contribution in [0.4, 0.5) is 5.69 Å². The van der Waals surface area contributed by atoms with E-state index in [1.807, 2.05) is 0 Å². The number of carboxylic acid groups (broad SMARTS) is 1. The number of rotatable bonds is 8. The van der Waals surface area contributed by atoms with Crippen molar-refractivity contribution in [1.82, 2.24) is 10.6 Å². The van der Waals surface area contributed by atoms with Crippen molar-refractivity contribution in [3.63, 3.8) is 0 Å². The number of aliphatic carboxylic acids is 1. The SMILES string of the molecule is CC(C(=O)NCC(=O)O)N(C(=O)CNC(=O)CN)c1ccccc1. The monoisotopic (exact) mass is 336 g/mol. The van der Waals surface area contributed by atoms with E-state index in [2.05, 4.69) is 10.6 Å². The van der Waals surface area contributed by atoms with Gasteiger partial charge in [0.15, 0.2) is 0 Å². The zero-order valence-corrected chi connectivity index (χ0v) is 13.2. The van der Waals surface area contributed by atoms with Gasteiger partial charge in [-0.1, -0.05) is 18.2 Å². The van der Waals surface area contributed by atoms with Crippen molar-refractivity contribution >= 4 is 29.4 Å². The minimum absolute atomic E-state index is 0.257. The van der Waals surface area contributed by atoms with Crippen molar-refractivity contribution in [2.24, 2.45) is 5.73 Å². The third-order valence-corrected chi connectivity index (χ3v) is 3.11. The van der Waals surface area contributed by atoms with Gasteiger partial charge in [-0.2, -0.15) is 0 Å². The highest BCUT2D eigenvalue weighted by atomic mass is 16.4. The lowest BCUT2D eigenvalue weighted by Gasteiger charge is -2.28. The van der Waals surface area contributed by atoms with Crippen LogP contribution in [0.1, 0.15) is 6.92 Å². The minimum Gasteiger partial charge on any atom is -0.480 e. The lowest BCUT2D eigenvalue weighted by atomic mass is 10.2. The summed E-state index contributed by atoms with van der Waals surface area (Å²) in [5.41, 5.74) is 5.61. The number of para-hydroxylation sites is 1. The van der Waals surface area contributed by atoms with Gasteiger partial charge in [0.2, 0.25) is 17.7 Å². The van der Waals surface area contributed by atoms with Crippen molar-refractivity contribution < 1.29 is 24.3 Å². The fourth-order valence-corrected chi connectivity index (χ4v) is 1.93. The van der Waals surface area contributed by atoms with Gasteiger partial charge in [0, 0.05) is 5.69 Å². The van der Waals surface area contributed by atoms with E-state index in [0.717, 1.165) is 0 Å². The van der Waals surface area contributed by atoms with Gasteiger partial charge in [-0.3, -0.25) is 24.1 Å². The normalized spacial score (nSPS) is 11.2. The Morgan fingerprint density at radius 2 is 1.75 bits per heavy atom. The summed E-state index contributed by atoms with van der Waals surface area (Å²) >= 11 is 0. The van der Waals surface area contributed by atoms with E-state index < -0.39 is 36.3 Å². The van der Waals surface area contributed by atoms with E-state index in [1.165, 1.54) is 11.8 Å². The Balaban J connectivity index is 2.93. The average Bonchev–Trinajstić information content (AvgIpc) is 2.58. The van der Waals surface area contributed by atoms with Gasteiger partial charge in [0.25, 0.3) is 0 Å². The highest BCUT2D eigenvalue weighted by molar-refractivity contribution is 6.02. The molecule has 0 bridgehead atoms. The predicted molar refractivity (Wildman–Crippen MR) is 86.1 cm³/mol. The van der Waals surface area contributed by atoms with Crippen LogP contribution in [0.3, 0.4) is 0 Å². The molecule has 0 saturated carbocycles. The maximum Gasteiger partial charge on any atom is 0.322 e. The molecule has 3 amide bonds. The maximum atomic E-state index is 12.4. The van der Waals surface area contributed by atoms with Gasteiger partial charge < -0.3 is 21.5 Å². The van der Waals surface area contributed by atoms with Crippen LogP contribution in [0.2, 0.25) is 0 Å². The number of hydrogen-bond acceptors (Lipinski definition) is 5. The third kappa shape index (κ3) is 5.69. The molecule has 1 rings (SSSR count). The fraction of sp³-hybridized carbons (Fsp3) is 0.333. The molecular formula is C15H20N4O5. The molecule has 0 aliphatic carbocycles. The molecule has 0 aromatic heterocycles. The summed E-state index contributed by atoms with van der Waals surface area (Å²) in [5, 5.41) is 13.2. The lowest BCUT2D eigenvalue weighted by molar-refractivity contribution is -0.138. The number of nitrogens with one attached hydrogen (secondary N) is 2. The first-order valence-electron chi connectivity index (χ1n) is 7.20. The van der Waals surface area contributed by atoms with Crippen LogP contribution in [0, 0.1) is 0 Å². The van der Waals surface area contributed by atoms with E-state index in [-0.39, 0.29) is 13.1 Å². The fourth-order valence-electron chi connectivity index (χ4n) is 1.93. The quantitative estimate of drug-likeness (QED) is 0.464. The van der Waals surface area contributed by atoms with E-state index in [0.29, 0.717) is 5.69 Å². The number of anilines is 1. The number of carboxylic acids is 1. The van der Waals surface area contributed by atoms with Crippen LogP contribution in [-0.2, 0) is 19.2 Å². The smallest absolute Gasteiger partial charge is 0.322 e. The summed E-state index contributed by atoms with van der Waals surface area (Å²) < 4.78 is 0. The van der Waals surface area contributed by atoms with Crippen LogP contribution in [0.15, 0.2) is 30.3 Å². The van der Waals surface area contributed by atoms with Crippen LogP contribution in [0.25, 0.3) is 0 Å². The topological polar surface area (TPSA) is 142 Å². The zero-order chi connectivity index (χ0) is 18.1. The minimum atomic E-state index is -1.19. The molecule has 9 heteroatoms. The molecule has 5 N–H and O–H groups in total. The van der Waals surface area contributed by atoms with Crippen LogP contribution < -0.4 is 21.3 Å². The molecule has 0 fully saturated rings.